The molecule has 1 unspecified atom stereocenters. The molecule has 1 fully saturated rings. The summed E-state index contributed by atoms with van der Waals surface area (Å²) in [7, 11) is 0. The first kappa shape index (κ1) is 15.1. The molecule has 21 heavy (non-hydrogen) atoms. The lowest BCUT2D eigenvalue weighted by molar-refractivity contribution is -0.153. The number of phenolic OH excluding ortho intramolecular Hbond substituents is 1. The molecule has 0 aliphatic carbocycles. The Bertz CT molecular complexity index is 549. The van der Waals surface area contributed by atoms with E-state index in [9.17, 15) is 14.7 Å². The average molecular weight is 291 g/mol. The van der Waals surface area contributed by atoms with Crippen molar-refractivity contribution < 1.29 is 24.5 Å². The molecule has 0 saturated carbocycles. The molecule has 1 heterocycles. The number of benzene rings is 1. The number of likely N-dealkylation sites (tertiary alicyclic amines) is 1. The molecule has 112 valence electrons. The number of carbonyl (C=O) groups is 2. The summed E-state index contributed by atoms with van der Waals surface area (Å²) in [6.45, 7) is 1.58. The Hall–Kier alpha value is -2.34. The number of carboxylic acid groups (broad SMARTS) is 1. The topological polar surface area (TPSA) is 87.1 Å². The number of nitrogens with zero attached hydrogens (tertiary/aromatic N) is 1. The van der Waals surface area contributed by atoms with Crippen molar-refractivity contribution in [3.05, 3.63) is 42.0 Å². The quantitative estimate of drug-likeness (QED) is 0.634. The van der Waals surface area contributed by atoms with Crippen LogP contribution in [0.2, 0.25) is 0 Å². The molecule has 1 saturated heterocycles. The number of aromatic hydroxyl groups is 1. The van der Waals surface area contributed by atoms with Crippen LogP contribution in [0.15, 0.2) is 36.4 Å². The zero-order chi connectivity index (χ0) is 15.2. The van der Waals surface area contributed by atoms with Crippen LogP contribution in [0.3, 0.4) is 0 Å². The summed E-state index contributed by atoms with van der Waals surface area (Å²) >= 11 is 0. The van der Waals surface area contributed by atoms with Gasteiger partial charge in [-0.2, -0.15) is 0 Å². The van der Waals surface area contributed by atoms with Crippen molar-refractivity contribution in [2.45, 2.75) is 19.1 Å². The lowest BCUT2D eigenvalue weighted by Gasteiger charge is -2.27. The molecule has 1 aromatic rings. The Labute approximate surface area is 122 Å². The van der Waals surface area contributed by atoms with E-state index >= 15 is 0 Å². The molecule has 6 heteroatoms. The van der Waals surface area contributed by atoms with E-state index in [0.29, 0.717) is 5.56 Å². The number of aliphatic carboxylic acids is 1. The molecule has 0 bridgehead atoms. The maximum atomic E-state index is 11.7. The number of esters is 1. The van der Waals surface area contributed by atoms with Gasteiger partial charge in [-0.3, -0.25) is 4.90 Å². The number of ether oxygens (including phenoxy) is 1. The van der Waals surface area contributed by atoms with E-state index < -0.39 is 18.2 Å². The number of rotatable bonds is 5. The summed E-state index contributed by atoms with van der Waals surface area (Å²) in [5, 5.41) is 18.1. The van der Waals surface area contributed by atoms with Crippen LogP contribution in [0.25, 0.3) is 0 Å². The predicted octanol–water partition coefficient (Wildman–Crippen LogP) is 1.67. The van der Waals surface area contributed by atoms with Crippen LogP contribution < -0.4 is 0 Å². The zero-order valence-corrected chi connectivity index (χ0v) is 11.4. The first-order chi connectivity index (χ1) is 10.1. The number of phenols is 1. The van der Waals surface area contributed by atoms with Gasteiger partial charge in [0.15, 0.2) is 6.23 Å². The Balaban J connectivity index is 2.16. The first-order valence-corrected chi connectivity index (χ1v) is 6.71. The Morgan fingerprint density at radius 2 is 1.95 bits per heavy atom. The van der Waals surface area contributed by atoms with E-state index in [1.54, 1.807) is 12.1 Å². The maximum Gasteiger partial charge on any atom is 0.332 e. The highest BCUT2D eigenvalue weighted by Gasteiger charge is 2.26. The van der Waals surface area contributed by atoms with Crippen LogP contribution in [-0.4, -0.2) is 40.1 Å². The SMILES string of the molecule is O=C(O)/C=C/C(=O)OC(c1cccc(O)c1)N1CCCC1. The monoisotopic (exact) mass is 291 g/mol. The smallest absolute Gasteiger partial charge is 0.332 e. The van der Waals surface area contributed by atoms with Crippen LogP contribution in [0.5, 0.6) is 5.75 Å². The molecule has 0 aromatic heterocycles. The van der Waals surface area contributed by atoms with Gasteiger partial charge in [0, 0.05) is 30.8 Å². The highest BCUT2D eigenvalue weighted by molar-refractivity contribution is 5.90. The molecule has 1 aromatic carbocycles. The van der Waals surface area contributed by atoms with E-state index in [2.05, 4.69) is 0 Å². The van der Waals surface area contributed by atoms with Gasteiger partial charge in [0.25, 0.3) is 0 Å². The third kappa shape index (κ3) is 4.32. The molecule has 0 radical (unpaired) electrons. The molecule has 1 atom stereocenters. The minimum absolute atomic E-state index is 0.0915. The van der Waals surface area contributed by atoms with E-state index in [1.807, 2.05) is 4.90 Å². The van der Waals surface area contributed by atoms with Gasteiger partial charge in [-0.15, -0.1) is 0 Å². The van der Waals surface area contributed by atoms with E-state index in [1.165, 1.54) is 12.1 Å². The lowest BCUT2D eigenvalue weighted by atomic mass is 10.1. The molecule has 1 aliphatic heterocycles. The largest absolute Gasteiger partial charge is 0.508 e. The summed E-state index contributed by atoms with van der Waals surface area (Å²) < 4.78 is 5.35. The van der Waals surface area contributed by atoms with Crippen molar-refractivity contribution in [1.29, 1.82) is 0 Å². The van der Waals surface area contributed by atoms with Gasteiger partial charge in [0.2, 0.25) is 0 Å². The summed E-state index contributed by atoms with van der Waals surface area (Å²) in [6.07, 6.45) is 3.03. The normalized spacial score (nSPS) is 17.0. The number of hydrogen-bond acceptors (Lipinski definition) is 5. The Kier molecular flexibility index (Phi) is 4.94. The van der Waals surface area contributed by atoms with Crippen molar-refractivity contribution >= 4 is 11.9 Å². The fourth-order valence-corrected chi connectivity index (χ4v) is 2.30. The Morgan fingerprint density at radius 3 is 2.57 bits per heavy atom. The van der Waals surface area contributed by atoms with E-state index in [4.69, 9.17) is 9.84 Å². The van der Waals surface area contributed by atoms with Crippen molar-refractivity contribution in [3.63, 3.8) is 0 Å². The molecule has 6 nitrogen and oxygen atoms in total. The maximum absolute atomic E-state index is 11.7. The highest BCUT2D eigenvalue weighted by atomic mass is 16.6. The minimum Gasteiger partial charge on any atom is -0.508 e. The van der Waals surface area contributed by atoms with Crippen LogP contribution in [0.4, 0.5) is 0 Å². The van der Waals surface area contributed by atoms with Crippen molar-refractivity contribution in [3.8, 4) is 5.75 Å². The fourth-order valence-electron chi connectivity index (χ4n) is 2.30. The van der Waals surface area contributed by atoms with E-state index in [0.717, 1.165) is 38.1 Å². The summed E-state index contributed by atoms with van der Waals surface area (Å²) in [6, 6.07) is 6.51. The van der Waals surface area contributed by atoms with Crippen molar-refractivity contribution in [2.75, 3.05) is 13.1 Å². The number of carbonyl (C=O) groups excluding carboxylic acids is 1. The van der Waals surface area contributed by atoms with Gasteiger partial charge in [0.05, 0.1) is 0 Å². The van der Waals surface area contributed by atoms with Gasteiger partial charge in [-0.1, -0.05) is 12.1 Å². The van der Waals surface area contributed by atoms with Gasteiger partial charge >= 0.3 is 11.9 Å². The van der Waals surface area contributed by atoms with Crippen molar-refractivity contribution in [1.82, 2.24) is 4.90 Å². The fraction of sp³-hybridized carbons (Fsp3) is 0.333. The van der Waals surface area contributed by atoms with Crippen LogP contribution in [0, 0.1) is 0 Å². The first-order valence-electron chi connectivity index (χ1n) is 6.71. The molecular formula is C15H17NO5. The third-order valence-corrected chi connectivity index (χ3v) is 3.22. The summed E-state index contributed by atoms with van der Waals surface area (Å²) in [5.74, 6) is -1.84. The van der Waals surface area contributed by atoms with E-state index in [-0.39, 0.29) is 5.75 Å². The number of carboxylic acids is 1. The second-order valence-electron chi connectivity index (χ2n) is 4.80. The molecule has 1 aliphatic rings. The van der Waals surface area contributed by atoms with Gasteiger partial charge in [-0.25, -0.2) is 9.59 Å². The second kappa shape index (κ2) is 6.90. The van der Waals surface area contributed by atoms with Crippen LogP contribution in [-0.2, 0) is 14.3 Å². The third-order valence-electron chi connectivity index (χ3n) is 3.22. The van der Waals surface area contributed by atoms with Gasteiger partial charge < -0.3 is 14.9 Å². The molecule has 0 amide bonds. The second-order valence-corrected chi connectivity index (χ2v) is 4.80. The van der Waals surface area contributed by atoms with Crippen LogP contribution >= 0.6 is 0 Å². The molecular weight excluding hydrogens is 274 g/mol. The van der Waals surface area contributed by atoms with Crippen LogP contribution in [0.1, 0.15) is 24.6 Å². The lowest BCUT2D eigenvalue weighted by Crippen LogP contribution is -2.29. The minimum atomic E-state index is -1.21. The van der Waals surface area contributed by atoms with Gasteiger partial charge in [0.1, 0.15) is 5.75 Å². The average Bonchev–Trinajstić information content (AvgIpc) is 2.96. The van der Waals surface area contributed by atoms with Gasteiger partial charge in [-0.05, 0) is 25.0 Å². The van der Waals surface area contributed by atoms with Crippen molar-refractivity contribution in [2.24, 2.45) is 0 Å². The molecule has 2 rings (SSSR count). The molecule has 2 N–H and O–H groups in total. The standard InChI is InChI=1S/C15H17NO5/c17-12-5-3-4-11(10-12)15(16-8-1-2-9-16)21-14(20)7-6-13(18)19/h3-7,10,15,17H,1-2,8-9H2,(H,18,19)/b7-6+. The summed E-state index contributed by atoms with van der Waals surface area (Å²) in [4.78, 5) is 24.1. The summed E-state index contributed by atoms with van der Waals surface area (Å²) in [5.41, 5.74) is 0.661. The molecule has 0 spiro atoms. The number of hydrogen-bond donors (Lipinski definition) is 2. The predicted molar refractivity (Wildman–Crippen MR) is 74.5 cm³/mol. The Morgan fingerprint density at radius 1 is 1.24 bits per heavy atom. The zero-order valence-electron chi connectivity index (χ0n) is 11.4. The highest BCUT2D eigenvalue weighted by Crippen LogP contribution is 2.28.